The third-order valence-corrected chi connectivity index (χ3v) is 5.23. The molecule has 162 valence electrons. The van der Waals surface area contributed by atoms with Gasteiger partial charge in [0.1, 0.15) is 25.1 Å². The normalized spacial score (nSPS) is 12.2. The van der Waals surface area contributed by atoms with Crippen LogP contribution in [0.15, 0.2) is 66.7 Å². The zero-order chi connectivity index (χ0) is 21.5. The third-order valence-electron chi connectivity index (χ3n) is 5.23. The summed E-state index contributed by atoms with van der Waals surface area (Å²) in [6, 6.07) is 22.0. The number of H-pyrrole nitrogens is 1. The van der Waals surface area contributed by atoms with Gasteiger partial charge in [-0.3, -0.25) is 0 Å². The van der Waals surface area contributed by atoms with Crippen molar-refractivity contribution in [2.75, 3.05) is 40.5 Å². The van der Waals surface area contributed by atoms with Crippen LogP contribution >= 0.6 is 0 Å². The zero-order valence-electron chi connectivity index (χ0n) is 17.9. The fourth-order valence-corrected chi connectivity index (χ4v) is 3.62. The van der Waals surface area contributed by atoms with Gasteiger partial charge in [-0.05, 0) is 30.3 Å². The van der Waals surface area contributed by atoms with Gasteiger partial charge in [0.2, 0.25) is 0 Å². The maximum atomic E-state index is 6.16. The molecule has 0 aliphatic carbocycles. The second-order valence-electron chi connectivity index (χ2n) is 7.22. The van der Waals surface area contributed by atoms with Crippen molar-refractivity contribution < 1.29 is 18.9 Å². The summed E-state index contributed by atoms with van der Waals surface area (Å²) in [6.07, 6.45) is -0.0771. The Hall–Kier alpha value is -3.22. The van der Waals surface area contributed by atoms with E-state index in [-0.39, 0.29) is 6.10 Å². The molecule has 1 unspecified atom stereocenters. The molecule has 3 aromatic carbocycles. The van der Waals surface area contributed by atoms with Gasteiger partial charge in [0.15, 0.2) is 11.5 Å². The Morgan fingerprint density at radius 3 is 2.39 bits per heavy atom. The maximum Gasteiger partial charge on any atom is 0.161 e. The number of ether oxygens (including phenoxy) is 4. The van der Waals surface area contributed by atoms with E-state index >= 15 is 0 Å². The first-order chi connectivity index (χ1) is 15.3. The van der Waals surface area contributed by atoms with E-state index < -0.39 is 0 Å². The number of aromatic nitrogens is 1. The van der Waals surface area contributed by atoms with E-state index in [1.54, 1.807) is 14.2 Å². The van der Waals surface area contributed by atoms with Gasteiger partial charge in [0.25, 0.3) is 0 Å². The lowest BCUT2D eigenvalue weighted by molar-refractivity contribution is 0.0581. The highest BCUT2D eigenvalue weighted by Gasteiger charge is 2.13. The lowest BCUT2D eigenvalue weighted by Crippen LogP contribution is -2.35. The minimum absolute atomic E-state index is 0.0771. The first-order valence-corrected chi connectivity index (χ1v) is 10.4. The Bertz CT molecular complexity index is 1120. The number of rotatable bonds is 11. The molecule has 1 heterocycles. The Morgan fingerprint density at radius 2 is 1.55 bits per heavy atom. The van der Waals surface area contributed by atoms with Crippen molar-refractivity contribution in [3.05, 3.63) is 66.7 Å². The molecule has 0 bridgehead atoms. The second kappa shape index (κ2) is 10.2. The predicted octanol–water partition coefficient (Wildman–Crippen LogP) is 4.39. The average molecular weight is 421 g/mol. The standard InChI is InChI=1S/C25H28N2O4/c1-28-18(16-26-14-15-30-23-12-6-5-11-22(23)29-2)17-31-24-13-7-10-21-25(24)19-8-3-4-9-20(19)27-21/h3-13,18,26-27H,14-17H2,1-2H3. The highest BCUT2D eigenvalue weighted by molar-refractivity contribution is 6.10. The number of nitrogens with one attached hydrogen (secondary N) is 2. The van der Waals surface area contributed by atoms with Crippen molar-refractivity contribution in [1.82, 2.24) is 10.3 Å². The number of aromatic amines is 1. The number of hydrogen-bond donors (Lipinski definition) is 2. The minimum atomic E-state index is -0.0771. The van der Waals surface area contributed by atoms with E-state index in [4.69, 9.17) is 18.9 Å². The Labute approximate surface area is 182 Å². The van der Waals surface area contributed by atoms with Crippen molar-refractivity contribution in [3.8, 4) is 17.2 Å². The van der Waals surface area contributed by atoms with Crippen molar-refractivity contribution in [1.29, 1.82) is 0 Å². The molecule has 1 aromatic heterocycles. The van der Waals surface area contributed by atoms with Crippen LogP contribution in [0, 0.1) is 0 Å². The van der Waals surface area contributed by atoms with E-state index in [1.807, 2.05) is 48.5 Å². The van der Waals surface area contributed by atoms with Crippen LogP contribution in [0.3, 0.4) is 0 Å². The fraction of sp³-hybridized carbons (Fsp3) is 0.280. The lowest BCUT2D eigenvalue weighted by Gasteiger charge is -2.18. The number of benzene rings is 3. The molecule has 0 amide bonds. The summed E-state index contributed by atoms with van der Waals surface area (Å²) in [6.45, 7) is 2.34. The van der Waals surface area contributed by atoms with Gasteiger partial charge >= 0.3 is 0 Å². The van der Waals surface area contributed by atoms with Gasteiger partial charge in [0.05, 0.1) is 12.6 Å². The molecule has 6 heteroatoms. The molecular weight excluding hydrogens is 392 g/mol. The topological polar surface area (TPSA) is 64.7 Å². The van der Waals surface area contributed by atoms with Crippen LogP contribution in [-0.2, 0) is 4.74 Å². The molecule has 0 aliphatic heterocycles. The molecule has 0 spiro atoms. The molecule has 1 atom stereocenters. The third kappa shape index (κ3) is 4.93. The number of hydrogen-bond acceptors (Lipinski definition) is 5. The molecule has 0 fully saturated rings. The van der Waals surface area contributed by atoms with Crippen LogP contribution in [0.4, 0.5) is 0 Å². The van der Waals surface area contributed by atoms with E-state index in [1.165, 1.54) is 0 Å². The highest BCUT2D eigenvalue weighted by Crippen LogP contribution is 2.33. The van der Waals surface area contributed by atoms with Crippen molar-refractivity contribution >= 4 is 21.8 Å². The SMILES string of the molecule is COc1ccccc1OCCNCC(COc1cccc2[nH]c3ccccc3c12)OC. The molecule has 4 rings (SSSR count). The molecule has 6 nitrogen and oxygen atoms in total. The quantitative estimate of drug-likeness (QED) is 0.352. The van der Waals surface area contributed by atoms with Crippen molar-refractivity contribution in [2.45, 2.75) is 6.10 Å². The molecule has 0 saturated carbocycles. The van der Waals surface area contributed by atoms with Crippen LogP contribution in [0.1, 0.15) is 0 Å². The van der Waals surface area contributed by atoms with Gasteiger partial charge in [-0.25, -0.2) is 0 Å². The fourth-order valence-electron chi connectivity index (χ4n) is 3.62. The number of fused-ring (bicyclic) bond motifs is 3. The van der Waals surface area contributed by atoms with Gasteiger partial charge in [0, 0.05) is 36.5 Å². The monoisotopic (exact) mass is 420 g/mol. The van der Waals surface area contributed by atoms with Crippen LogP contribution < -0.4 is 19.5 Å². The van der Waals surface area contributed by atoms with E-state index in [2.05, 4.69) is 28.5 Å². The summed E-state index contributed by atoms with van der Waals surface area (Å²) < 4.78 is 22.9. The molecule has 0 aliphatic rings. The molecule has 0 radical (unpaired) electrons. The lowest BCUT2D eigenvalue weighted by atomic mass is 10.1. The Morgan fingerprint density at radius 1 is 0.806 bits per heavy atom. The number of methoxy groups -OCH3 is 2. The van der Waals surface area contributed by atoms with Gasteiger partial charge in [-0.15, -0.1) is 0 Å². The van der Waals surface area contributed by atoms with Gasteiger partial charge < -0.3 is 29.2 Å². The van der Waals surface area contributed by atoms with Gasteiger partial charge in [-0.1, -0.05) is 36.4 Å². The summed E-state index contributed by atoms with van der Waals surface area (Å²) in [4.78, 5) is 3.44. The van der Waals surface area contributed by atoms with Crippen LogP contribution in [0.2, 0.25) is 0 Å². The van der Waals surface area contributed by atoms with Crippen LogP contribution in [0.25, 0.3) is 21.8 Å². The molecule has 31 heavy (non-hydrogen) atoms. The summed E-state index contributed by atoms with van der Waals surface area (Å²) in [7, 11) is 3.34. The largest absolute Gasteiger partial charge is 0.493 e. The molecule has 4 aromatic rings. The average Bonchev–Trinajstić information content (AvgIpc) is 3.20. The van der Waals surface area contributed by atoms with E-state index in [0.29, 0.717) is 26.3 Å². The Balaban J connectivity index is 1.29. The summed E-state index contributed by atoms with van der Waals surface area (Å²) in [5.74, 6) is 2.33. The van der Waals surface area contributed by atoms with Crippen molar-refractivity contribution in [3.63, 3.8) is 0 Å². The van der Waals surface area contributed by atoms with Crippen LogP contribution in [-0.4, -0.2) is 51.6 Å². The van der Waals surface area contributed by atoms with E-state index in [0.717, 1.165) is 39.1 Å². The number of para-hydroxylation sites is 3. The highest BCUT2D eigenvalue weighted by atomic mass is 16.5. The summed E-state index contributed by atoms with van der Waals surface area (Å²) in [5.41, 5.74) is 2.17. The summed E-state index contributed by atoms with van der Waals surface area (Å²) in [5, 5.41) is 5.63. The van der Waals surface area contributed by atoms with Crippen molar-refractivity contribution in [2.24, 2.45) is 0 Å². The molecule has 0 saturated heterocycles. The first kappa shape index (κ1) is 21.0. The molecular formula is C25H28N2O4. The van der Waals surface area contributed by atoms with Gasteiger partial charge in [-0.2, -0.15) is 0 Å². The summed E-state index contributed by atoms with van der Waals surface area (Å²) >= 11 is 0. The van der Waals surface area contributed by atoms with E-state index in [9.17, 15) is 0 Å². The Kier molecular flexibility index (Phi) is 6.92. The zero-order valence-corrected chi connectivity index (χ0v) is 17.9. The maximum absolute atomic E-state index is 6.16. The first-order valence-electron chi connectivity index (χ1n) is 10.4. The molecule has 2 N–H and O–H groups in total. The van der Waals surface area contributed by atoms with Crippen LogP contribution in [0.5, 0.6) is 17.2 Å². The second-order valence-corrected chi connectivity index (χ2v) is 7.22. The predicted molar refractivity (Wildman–Crippen MR) is 123 cm³/mol. The smallest absolute Gasteiger partial charge is 0.161 e. The minimum Gasteiger partial charge on any atom is -0.493 e.